The molecule has 4 rings (SSSR count). The van der Waals surface area contributed by atoms with Crippen LogP contribution >= 0.6 is 0 Å². The minimum atomic E-state index is -0.298. The van der Waals surface area contributed by atoms with Crippen LogP contribution in [-0.4, -0.2) is 22.5 Å². The van der Waals surface area contributed by atoms with Gasteiger partial charge in [-0.25, -0.2) is 0 Å². The third-order valence-corrected chi connectivity index (χ3v) is 5.70. The zero-order valence-corrected chi connectivity index (χ0v) is 15.9. The summed E-state index contributed by atoms with van der Waals surface area (Å²) >= 11 is 0. The summed E-state index contributed by atoms with van der Waals surface area (Å²) in [5.74, 6) is 0. The van der Waals surface area contributed by atoms with E-state index in [1.807, 2.05) is 30.3 Å². The van der Waals surface area contributed by atoms with Crippen LogP contribution in [0, 0.1) is 10.1 Å². The summed E-state index contributed by atoms with van der Waals surface area (Å²) < 4.78 is 0. The number of fused-ring (bicyclic) bond motifs is 1. The Morgan fingerprint density at radius 3 is 2.71 bits per heavy atom. The molecule has 1 atom stereocenters. The molecule has 0 spiro atoms. The average Bonchev–Trinajstić information content (AvgIpc) is 2.74. The molecule has 0 radical (unpaired) electrons. The van der Waals surface area contributed by atoms with Crippen molar-refractivity contribution in [1.29, 1.82) is 0 Å². The highest BCUT2D eigenvalue weighted by atomic mass is 16.6. The Morgan fingerprint density at radius 1 is 1.18 bits per heavy atom. The van der Waals surface area contributed by atoms with Gasteiger partial charge in [0.05, 0.1) is 4.92 Å². The molecule has 0 saturated carbocycles. The van der Waals surface area contributed by atoms with Crippen molar-refractivity contribution in [3.63, 3.8) is 0 Å². The molecule has 0 amide bonds. The van der Waals surface area contributed by atoms with Gasteiger partial charge in [-0.15, -0.1) is 0 Å². The SMILES string of the molecule is CCC1CCCCN1c1ccc(-c2c[nH]c(=O)c3ccccc23)cc1[N+](=O)[O-]. The average molecular weight is 377 g/mol. The van der Waals surface area contributed by atoms with Gasteiger partial charge in [-0.2, -0.15) is 0 Å². The van der Waals surface area contributed by atoms with Gasteiger partial charge in [-0.05, 0) is 48.8 Å². The standard InChI is InChI=1S/C22H23N3O3/c1-2-16-7-5-6-12-24(16)20-11-10-15(13-21(20)25(27)28)19-14-23-22(26)18-9-4-3-8-17(18)19/h3-4,8-11,13-14,16H,2,5-7,12H2,1H3,(H,23,26). The van der Waals surface area contributed by atoms with E-state index in [0.717, 1.165) is 42.3 Å². The molecule has 2 heterocycles. The van der Waals surface area contributed by atoms with E-state index in [4.69, 9.17) is 0 Å². The van der Waals surface area contributed by atoms with Gasteiger partial charge in [0.15, 0.2) is 0 Å². The van der Waals surface area contributed by atoms with Crippen LogP contribution in [0.3, 0.4) is 0 Å². The Balaban J connectivity index is 1.85. The second-order valence-electron chi connectivity index (χ2n) is 7.29. The van der Waals surface area contributed by atoms with Crippen molar-refractivity contribution in [3.05, 3.63) is 69.1 Å². The zero-order valence-electron chi connectivity index (χ0n) is 15.9. The summed E-state index contributed by atoms with van der Waals surface area (Å²) in [6.45, 7) is 2.98. The van der Waals surface area contributed by atoms with E-state index in [0.29, 0.717) is 17.1 Å². The molecular weight excluding hydrogens is 354 g/mol. The summed E-state index contributed by atoms with van der Waals surface area (Å²) in [6, 6.07) is 13.1. The molecule has 2 aromatic carbocycles. The number of pyridine rings is 1. The molecule has 1 N–H and O–H groups in total. The van der Waals surface area contributed by atoms with Crippen molar-refractivity contribution in [1.82, 2.24) is 4.98 Å². The molecule has 1 aliphatic rings. The molecule has 144 valence electrons. The van der Waals surface area contributed by atoms with Crippen molar-refractivity contribution in [2.24, 2.45) is 0 Å². The van der Waals surface area contributed by atoms with E-state index in [9.17, 15) is 14.9 Å². The van der Waals surface area contributed by atoms with E-state index in [-0.39, 0.29) is 16.2 Å². The molecule has 1 aromatic heterocycles. The number of anilines is 1. The van der Waals surface area contributed by atoms with Crippen LogP contribution < -0.4 is 10.5 Å². The third-order valence-electron chi connectivity index (χ3n) is 5.70. The summed E-state index contributed by atoms with van der Waals surface area (Å²) in [4.78, 5) is 28.6. The molecule has 0 bridgehead atoms. The molecule has 28 heavy (non-hydrogen) atoms. The first kappa shape index (κ1) is 18.2. The number of nitrogens with one attached hydrogen (secondary N) is 1. The Morgan fingerprint density at radius 2 is 1.96 bits per heavy atom. The highest BCUT2D eigenvalue weighted by molar-refractivity contribution is 5.96. The lowest BCUT2D eigenvalue weighted by atomic mass is 9.96. The highest BCUT2D eigenvalue weighted by Gasteiger charge is 2.27. The topological polar surface area (TPSA) is 79.2 Å². The van der Waals surface area contributed by atoms with E-state index in [2.05, 4.69) is 16.8 Å². The highest BCUT2D eigenvalue weighted by Crippen LogP contribution is 2.38. The predicted molar refractivity (Wildman–Crippen MR) is 112 cm³/mol. The van der Waals surface area contributed by atoms with Crippen LogP contribution in [0.4, 0.5) is 11.4 Å². The molecule has 1 saturated heterocycles. The summed E-state index contributed by atoms with van der Waals surface area (Å²) in [5, 5.41) is 13.2. The van der Waals surface area contributed by atoms with Gasteiger partial charge >= 0.3 is 0 Å². The lowest BCUT2D eigenvalue weighted by molar-refractivity contribution is -0.384. The number of piperidine rings is 1. The van der Waals surface area contributed by atoms with Crippen LogP contribution in [0.15, 0.2) is 53.5 Å². The number of hydrogen-bond acceptors (Lipinski definition) is 4. The second-order valence-corrected chi connectivity index (χ2v) is 7.29. The van der Waals surface area contributed by atoms with Gasteiger partial charge in [0.2, 0.25) is 0 Å². The van der Waals surface area contributed by atoms with Crippen molar-refractivity contribution in [2.75, 3.05) is 11.4 Å². The Hall–Kier alpha value is -3.15. The normalized spacial score (nSPS) is 17.0. The number of benzene rings is 2. The van der Waals surface area contributed by atoms with E-state index < -0.39 is 0 Å². The fraction of sp³-hybridized carbons (Fsp3) is 0.318. The maximum Gasteiger partial charge on any atom is 0.293 e. The van der Waals surface area contributed by atoms with E-state index >= 15 is 0 Å². The Bertz CT molecular complexity index is 1090. The minimum Gasteiger partial charge on any atom is -0.363 e. The number of rotatable bonds is 4. The van der Waals surface area contributed by atoms with Gasteiger partial charge in [-0.3, -0.25) is 14.9 Å². The number of hydrogen-bond donors (Lipinski definition) is 1. The van der Waals surface area contributed by atoms with Gasteiger partial charge in [0.25, 0.3) is 11.2 Å². The Labute approximate surface area is 163 Å². The summed E-state index contributed by atoms with van der Waals surface area (Å²) in [5.41, 5.74) is 2.16. The van der Waals surface area contributed by atoms with Gasteiger partial charge in [0.1, 0.15) is 5.69 Å². The maximum absolute atomic E-state index is 12.1. The van der Waals surface area contributed by atoms with Crippen LogP contribution in [0.5, 0.6) is 0 Å². The molecule has 6 nitrogen and oxygen atoms in total. The largest absolute Gasteiger partial charge is 0.363 e. The molecule has 1 unspecified atom stereocenters. The number of aromatic nitrogens is 1. The maximum atomic E-state index is 12.1. The summed E-state index contributed by atoms with van der Waals surface area (Å²) in [7, 11) is 0. The predicted octanol–water partition coefficient (Wildman–Crippen LogP) is 4.87. The van der Waals surface area contributed by atoms with Crippen molar-refractivity contribution in [2.45, 2.75) is 38.6 Å². The summed E-state index contributed by atoms with van der Waals surface area (Å²) in [6.07, 6.45) is 5.91. The Kier molecular flexibility index (Phi) is 4.86. The lowest BCUT2D eigenvalue weighted by Gasteiger charge is -2.36. The number of aromatic amines is 1. The second kappa shape index (κ2) is 7.46. The number of nitro benzene ring substituents is 1. The van der Waals surface area contributed by atoms with Crippen LogP contribution in [0.25, 0.3) is 21.9 Å². The van der Waals surface area contributed by atoms with Gasteiger partial charge in [0, 0.05) is 35.8 Å². The number of nitrogens with zero attached hydrogens (tertiary/aromatic N) is 2. The first-order valence-electron chi connectivity index (χ1n) is 9.76. The molecule has 1 aliphatic heterocycles. The quantitative estimate of drug-likeness (QED) is 0.519. The van der Waals surface area contributed by atoms with Gasteiger partial charge in [-0.1, -0.05) is 31.2 Å². The third kappa shape index (κ3) is 3.15. The van der Waals surface area contributed by atoms with Gasteiger partial charge < -0.3 is 9.88 Å². The molecule has 1 fully saturated rings. The van der Waals surface area contributed by atoms with Crippen LogP contribution in [-0.2, 0) is 0 Å². The van der Waals surface area contributed by atoms with Crippen molar-refractivity contribution in [3.8, 4) is 11.1 Å². The monoisotopic (exact) mass is 377 g/mol. The van der Waals surface area contributed by atoms with E-state index in [1.54, 1.807) is 18.3 Å². The first-order chi connectivity index (χ1) is 13.6. The van der Waals surface area contributed by atoms with Crippen molar-refractivity contribution < 1.29 is 4.92 Å². The van der Waals surface area contributed by atoms with Crippen molar-refractivity contribution >= 4 is 22.1 Å². The number of H-pyrrole nitrogens is 1. The first-order valence-corrected chi connectivity index (χ1v) is 9.76. The fourth-order valence-electron chi connectivity index (χ4n) is 4.27. The smallest absolute Gasteiger partial charge is 0.293 e. The molecular formula is C22H23N3O3. The lowest BCUT2D eigenvalue weighted by Crippen LogP contribution is -2.39. The molecule has 0 aliphatic carbocycles. The van der Waals surface area contributed by atoms with Crippen LogP contribution in [0.1, 0.15) is 32.6 Å². The fourth-order valence-corrected chi connectivity index (χ4v) is 4.27. The molecule has 3 aromatic rings. The number of nitro groups is 1. The zero-order chi connectivity index (χ0) is 19.7. The minimum absolute atomic E-state index is 0.119. The van der Waals surface area contributed by atoms with E-state index in [1.165, 1.54) is 6.42 Å². The van der Waals surface area contributed by atoms with Crippen LogP contribution in [0.2, 0.25) is 0 Å². The molecule has 6 heteroatoms.